The summed E-state index contributed by atoms with van der Waals surface area (Å²) in [6.45, 7) is 3.49. The minimum atomic E-state index is -1.06. The van der Waals surface area contributed by atoms with Crippen molar-refractivity contribution in [3.05, 3.63) is 107 Å². The minimum Gasteiger partial charge on any atom is -0.494 e. The van der Waals surface area contributed by atoms with Crippen molar-refractivity contribution in [1.29, 1.82) is 0 Å². The lowest BCUT2D eigenvalue weighted by molar-refractivity contribution is -0.111. The topological polar surface area (TPSA) is 123 Å². The van der Waals surface area contributed by atoms with Gasteiger partial charge in [-0.15, -0.1) is 0 Å². The van der Waals surface area contributed by atoms with E-state index in [4.69, 9.17) is 19.2 Å². The van der Waals surface area contributed by atoms with Gasteiger partial charge in [-0.25, -0.2) is 13.8 Å². The fraction of sp³-hybridized carbons (Fsp3) is 0.263. The molecule has 3 heterocycles. The molecule has 14 heteroatoms. The van der Waals surface area contributed by atoms with E-state index >= 15 is 8.78 Å². The van der Waals surface area contributed by atoms with Crippen LogP contribution in [0.15, 0.2) is 83.8 Å². The molecular weight excluding hydrogens is 672 g/mol. The Balaban J connectivity index is 1.41. The first kappa shape index (κ1) is 35.9. The molecule has 2 N–H and O–H groups in total. The number of carbonyl (C=O) groups excluding carboxylic acids is 1. The molecule has 0 atom stereocenters. The fourth-order valence-corrected chi connectivity index (χ4v) is 5.86. The molecule has 0 unspecified atom stereocenters. The highest BCUT2D eigenvalue weighted by atomic mass is 19.1. The van der Waals surface area contributed by atoms with Gasteiger partial charge in [0.2, 0.25) is 11.9 Å². The van der Waals surface area contributed by atoms with Crippen molar-refractivity contribution >= 4 is 40.0 Å². The van der Waals surface area contributed by atoms with Gasteiger partial charge in [0.1, 0.15) is 5.65 Å². The standard InChI is InChI=1S/C38H39F2N7O5/c1-45(2)14-6-9-32(48)42-27-8-5-7-24(19-27)23-47-36-25(20-29(37(47)49)33-34(39)30(50-3)21-31(51-4)35(33)40)22-41-38(44-36)43-26-10-12-28(13-11-26)46-15-17-52-18-16-46/h5-13,19-22H,14-18,23H2,1-4H3,(H,42,48)(H,41,43,44)/b9-6+. The van der Waals surface area contributed by atoms with Gasteiger partial charge < -0.3 is 34.6 Å². The van der Waals surface area contributed by atoms with Crippen molar-refractivity contribution in [1.82, 2.24) is 19.4 Å². The van der Waals surface area contributed by atoms with Crippen molar-refractivity contribution < 1.29 is 27.8 Å². The predicted molar refractivity (Wildman–Crippen MR) is 197 cm³/mol. The van der Waals surface area contributed by atoms with E-state index in [0.717, 1.165) is 30.5 Å². The molecule has 0 aliphatic carbocycles. The normalized spacial score (nSPS) is 13.2. The van der Waals surface area contributed by atoms with Gasteiger partial charge in [0.05, 0.1) is 45.1 Å². The molecule has 12 nitrogen and oxygen atoms in total. The minimum absolute atomic E-state index is 0.0571. The lowest BCUT2D eigenvalue weighted by Crippen LogP contribution is -2.36. The van der Waals surface area contributed by atoms with Gasteiger partial charge in [-0.1, -0.05) is 18.2 Å². The van der Waals surface area contributed by atoms with Crippen LogP contribution in [0, 0.1) is 11.6 Å². The lowest BCUT2D eigenvalue weighted by Gasteiger charge is -2.28. The smallest absolute Gasteiger partial charge is 0.260 e. The summed E-state index contributed by atoms with van der Waals surface area (Å²) < 4.78 is 48.6. The summed E-state index contributed by atoms with van der Waals surface area (Å²) in [6.07, 6.45) is 4.67. The fourth-order valence-electron chi connectivity index (χ4n) is 5.86. The lowest BCUT2D eigenvalue weighted by atomic mass is 10.0. The third-order valence-electron chi connectivity index (χ3n) is 8.44. The van der Waals surface area contributed by atoms with Crippen molar-refractivity contribution in [2.75, 3.05) is 76.7 Å². The average Bonchev–Trinajstić information content (AvgIpc) is 3.14. The number of anilines is 4. The number of likely N-dealkylation sites (N-methyl/N-ethyl adjacent to an activating group) is 1. The SMILES string of the molecule is COc1cc(OC)c(F)c(-c2cc3cnc(Nc4ccc(N5CCOCC5)cc4)nc3n(Cc3cccc(NC(=O)/C=C/CN(C)C)c3)c2=O)c1F. The molecule has 1 aliphatic rings. The number of methoxy groups -OCH3 is 2. The molecule has 1 saturated heterocycles. The predicted octanol–water partition coefficient (Wildman–Crippen LogP) is 5.44. The molecule has 0 radical (unpaired) electrons. The quantitative estimate of drug-likeness (QED) is 0.162. The molecule has 3 aromatic carbocycles. The number of hydrogen-bond acceptors (Lipinski definition) is 10. The molecule has 52 heavy (non-hydrogen) atoms. The van der Waals surface area contributed by atoms with Crippen molar-refractivity contribution in [2.45, 2.75) is 6.54 Å². The second-order valence-corrected chi connectivity index (χ2v) is 12.3. The number of ether oxygens (including phenoxy) is 3. The van der Waals surface area contributed by atoms with Gasteiger partial charge >= 0.3 is 0 Å². The largest absolute Gasteiger partial charge is 0.494 e. The summed E-state index contributed by atoms with van der Waals surface area (Å²) in [5, 5.41) is 6.37. The maximum Gasteiger partial charge on any atom is 0.260 e. The molecule has 0 saturated carbocycles. The van der Waals surface area contributed by atoms with Crippen LogP contribution >= 0.6 is 0 Å². The Kier molecular flexibility index (Phi) is 11.1. The average molecular weight is 712 g/mol. The van der Waals surface area contributed by atoms with Gasteiger partial charge in [-0.2, -0.15) is 4.98 Å². The Morgan fingerprint density at radius 2 is 1.69 bits per heavy atom. The van der Waals surface area contributed by atoms with Gasteiger partial charge in [0.25, 0.3) is 5.56 Å². The monoisotopic (exact) mass is 711 g/mol. The number of aromatic nitrogens is 3. The van der Waals surface area contributed by atoms with E-state index in [1.54, 1.807) is 30.3 Å². The summed E-state index contributed by atoms with van der Waals surface area (Å²) in [7, 11) is 6.27. The number of rotatable bonds is 12. The number of fused-ring (bicyclic) bond motifs is 1. The van der Waals surface area contributed by atoms with Crippen molar-refractivity contribution in [3.8, 4) is 22.6 Å². The summed E-state index contributed by atoms with van der Waals surface area (Å²) in [6, 6.07) is 17.2. The zero-order valence-corrected chi connectivity index (χ0v) is 29.3. The molecule has 0 spiro atoms. The summed E-state index contributed by atoms with van der Waals surface area (Å²) in [5.41, 5.74) is 1.50. The number of hydrogen-bond donors (Lipinski definition) is 2. The van der Waals surface area contributed by atoms with Gasteiger partial charge in [0, 0.05) is 60.4 Å². The van der Waals surface area contributed by atoms with E-state index in [2.05, 4.69) is 20.5 Å². The zero-order chi connectivity index (χ0) is 36.8. The van der Waals surface area contributed by atoms with E-state index < -0.39 is 22.8 Å². The maximum absolute atomic E-state index is 15.8. The van der Waals surface area contributed by atoms with Gasteiger partial charge in [0.15, 0.2) is 23.1 Å². The highest BCUT2D eigenvalue weighted by Gasteiger charge is 2.26. The molecule has 0 bridgehead atoms. The highest BCUT2D eigenvalue weighted by Crippen LogP contribution is 2.37. The van der Waals surface area contributed by atoms with Crippen LogP contribution in [0.25, 0.3) is 22.2 Å². The number of benzene rings is 3. The van der Waals surface area contributed by atoms with Gasteiger partial charge in [-0.05, 0) is 62.1 Å². The summed E-state index contributed by atoms with van der Waals surface area (Å²) >= 11 is 0. The van der Waals surface area contributed by atoms with Crippen LogP contribution in [-0.2, 0) is 16.1 Å². The Bertz CT molecular complexity index is 2140. The Morgan fingerprint density at radius 1 is 0.981 bits per heavy atom. The number of halogens is 2. The van der Waals surface area contributed by atoms with Crippen LogP contribution in [0.1, 0.15) is 5.56 Å². The Hall–Kier alpha value is -5.86. The molecule has 6 rings (SSSR count). The molecule has 5 aromatic rings. The van der Waals surface area contributed by atoms with Crippen LogP contribution in [-0.4, -0.2) is 86.5 Å². The molecule has 1 amide bonds. The van der Waals surface area contributed by atoms with E-state index in [-0.39, 0.29) is 41.1 Å². The number of nitrogens with one attached hydrogen (secondary N) is 2. The van der Waals surface area contributed by atoms with Crippen molar-refractivity contribution in [2.24, 2.45) is 0 Å². The molecule has 1 fully saturated rings. The van der Waals surface area contributed by atoms with Crippen LogP contribution < -0.4 is 30.6 Å². The Labute approximate surface area is 299 Å². The number of pyridine rings is 1. The molecule has 270 valence electrons. The molecular formula is C38H39F2N7O5. The second-order valence-electron chi connectivity index (χ2n) is 12.3. The second kappa shape index (κ2) is 16.0. The van der Waals surface area contributed by atoms with E-state index in [0.29, 0.717) is 36.4 Å². The van der Waals surface area contributed by atoms with Crippen LogP contribution in [0.3, 0.4) is 0 Å². The third-order valence-corrected chi connectivity index (χ3v) is 8.44. The van der Waals surface area contributed by atoms with Gasteiger partial charge in [-0.3, -0.25) is 14.2 Å². The highest BCUT2D eigenvalue weighted by molar-refractivity contribution is 5.99. The first-order valence-corrected chi connectivity index (χ1v) is 16.6. The van der Waals surface area contributed by atoms with E-state index in [9.17, 15) is 9.59 Å². The number of amides is 1. The number of nitrogens with zero attached hydrogens (tertiary/aromatic N) is 5. The van der Waals surface area contributed by atoms with Crippen LogP contribution in [0.4, 0.5) is 31.8 Å². The Morgan fingerprint density at radius 3 is 2.37 bits per heavy atom. The summed E-state index contributed by atoms with van der Waals surface area (Å²) in [4.78, 5) is 40.2. The van der Waals surface area contributed by atoms with Crippen LogP contribution in [0.5, 0.6) is 11.5 Å². The third kappa shape index (κ3) is 8.03. The van der Waals surface area contributed by atoms with Crippen molar-refractivity contribution in [3.63, 3.8) is 0 Å². The summed E-state index contributed by atoms with van der Waals surface area (Å²) in [5.74, 6) is -2.82. The van der Waals surface area contributed by atoms with E-state index in [1.165, 1.54) is 37.1 Å². The first-order chi connectivity index (χ1) is 25.1. The number of morpholine rings is 1. The van der Waals surface area contributed by atoms with E-state index in [1.807, 2.05) is 43.3 Å². The first-order valence-electron chi connectivity index (χ1n) is 16.6. The molecule has 1 aliphatic heterocycles. The maximum atomic E-state index is 15.8. The molecule has 2 aromatic heterocycles. The number of carbonyl (C=O) groups is 1. The van der Waals surface area contributed by atoms with Crippen LogP contribution in [0.2, 0.25) is 0 Å². The zero-order valence-electron chi connectivity index (χ0n) is 29.3.